The number of rotatable bonds is 7. The van der Waals surface area contributed by atoms with Gasteiger partial charge >= 0.3 is 5.97 Å². The molecule has 0 aliphatic rings. The highest BCUT2D eigenvalue weighted by molar-refractivity contribution is 5.80. The van der Waals surface area contributed by atoms with Crippen molar-refractivity contribution in [1.82, 2.24) is 4.90 Å². The van der Waals surface area contributed by atoms with Crippen LogP contribution in [0.25, 0.3) is 0 Å². The standard InChI is InChI=1S/C15H20FNO4/c1-4-17(10(2)7-15(19)20)14(18)9-11-5-6-13(21-3)12(16)8-11/h5-6,8,10H,4,7,9H2,1-3H3,(H,19,20). The number of aliphatic carboxylic acids is 1. The molecule has 0 saturated heterocycles. The molecule has 6 heteroatoms. The summed E-state index contributed by atoms with van der Waals surface area (Å²) in [5.74, 6) is -1.58. The van der Waals surface area contributed by atoms with Crippen LogP contribution in [-0.4, -0.2) is 41.6 Å². The van der Waals surface area contributed by atoms with Crippen molar-refractivity contribution in [3.8, 4) is 5.75 Å². The molecule has 21 heavy (non-hydrogen) atoms. The molecule has 1 atom stereocenters. The number of nitrogens with zero attached hydrogens (tertiary/aromatic N) is 1. The van der Waals surface area contributed by atoms with Crippen LogP contribution in [0.4, 0.5) is 4.39 Å². The Morgan fingerprint density at radius 1 is 1.43 bits per heavy atom. The highest BCUT2D eigenvalue weighted by Crippen LogP contribution is 2.18. The van der Waals surface area contributed by atoms with Gasteiger partial charge in [0.1, 0.15) is 0 Å². The van der Waals surface area contributed by atoms with Crippen molar-refractivity contribution in [3.63, 3.8) is 0 Å². The lowest BCUT2D eigenvalue weighted by Gasteiger charge is -2.27. The molecule has 0 aliphatic carbocycles. The number of likely N-dealkylation sites (N-methyl/N-ethyl adjacent to an activating group) is 1. The van der Waals surface area contributed by atoms with Gasteiger partial charge in [-0.15, -0.1) is 0 Å². The predicted molar refractivity (Wildman–Crippen MR) is 75.8 cm³/mol. The Kier molecular flexibility index (Phi) is 6.14. The third kappa shape index (κ3) is 4.73. The topological polar surface area (TPSA) is 66.8 Å². The molecule has 1 rings (SSSR count). The summed E-state index contributed by atoms with van der Waals surface area (Å²) in [5.41, 5.74) is 0.527. The van der Waals surface area contributed by atoms with E-state index in [0.717, 1.165) is 0 Å². The van der Waals surface area contributed by atoms with Gasteiger partial charge in [0.15, 0.2) is 11.6 Å². The molecule has 0 spiro atoms. The summed E-state index contributed by atoms with van der Waals surface area (Å²) in [7, 11) is 1.37. The fourth-order valence-corrected chi connectivity index (χ4v) is 2.19. The van der Waals surface area contributed by atoms with Crippen molar-refractivity contribution < 1.29 is 23.8 Å². The molecule has 0 fully saturated rings. The van der Waals surface area contributed by atoms with Crippen LogP contribution in [0.1, 0.15) is 25.8 Å². The molecule has 0 aromatic heterocycles. The van der Waals surface area contributed by atoms with E-state index in [4.69, 9.17) is 9.84 Å². The molecule has 0 aliphatic heterocycles. The average Bonchev–Trinajstić information content (AvgIpc) is 2.38. The maximum absolute atomic E-state index is 13.6. The molecule has 5 nitrogen and oxygen atoms in total. The number of benzene rings is 1. The molecule has 0 heterocycles. The quantitative estimate of drug-likeness (QED) is 0.837. The van der Waals surface area contributed by atoms with Gasteiger partial charge < -0.3 is 14.7 Å². The van der Waals surface area contributed by atoms with Crippen LogP contribution in [0.5, 0.6) is 5.75 Å². The molecule has 0 saturated carbocycles. The first-order valence-corrected chi connectivity index (χ1v) is 6.72. The fourth-order valence-electron chi connectivity index (χ4n) is 2.19. The minimum atomic E-state index is -0.954. The van der Waals surface area contributed by atoms with Crippen molar-refractivity contribution in [2.75, 3.05) is 13.7 Å². The zero-order valence-corrected chi connectivity index (χ0v) is 12.4. The summed E-state index contributed by atoms with van der Waals surface area (Å²) in [6, 6.07) is 3.94. The molecule has 1 aromatic carbocycles. The number of methoxy groups -OCH3 is 1. The summed E-state index contributed by atoms with van der Waals surface area (Å²) >= 11 is 0. The van der Waals surface area contributed by atoms with E-state index in [2.05, 4.69) is 0 Å². The fraction of sp³-hybridized carbons (Fsp3) is 0.467. The molecular formula is C15H20FNO4. The van der Waals surface area contributed by atoms with E-state index in [0.29, 0.717) is 12.1 Å². The Morgan fingerprint density at radius 3 is 2.57 bits per heavy atom. The number of carboxylic acids is 1. The van der Waals surface area contributed by atoms with Gasteiger partial charge in [0, 0.05) is 12.6 Å². The van der Waals surface area contributed by atoms with Gasteiger partial charge in [-0.05, 0) is 31.5 Å². The molecule has 1 unspecified atom stereocenters. The van der Waals surface area contributed by atoms with E-state index in [1.807, 2.05) is 0 Å². The van der Waals surface area contributed by atoms with Gasteiger partial charge in [0.05, 0.1) is 20.0 Å². The van der Waals surface area contributed by atoms with Crippen LogP contribution >= 0.6 is 0 Å². The van der Waals surface area contributed by atoms with Crippen molar-refractivity contribution >= 4 is 11.9 Å². The number of hydrogen-bond acceptors (Lipinski definition) is 3. The third-order valence-corrected chi connectivity index (χ3v) is 3.23. The molecule has 116 valence electrons. The Hall–Kier alpha value is -2.11. The van der Waals surface area contributed by atoms with E-state index < -0.39 is 17.8 Å². The first-order chi connectivity index (χ1) is 9.88. The Bertz CT molecular complexity index is 518. The van der Waals surface area contributed by atoms with Gasteiger partial charge in [-0.3, -0.25) is 9.59 Å². The largest absolute Gasteiger partial charge is 0.494 e. The maximum atomic E-state index is 13.6. The van der Waals surface area contributed by atoms with Crippen LogP contribution in [0.3, 0.4) is 0 Å². The average molecular weight is 297 g/mol. The number of hydrogen-bond donors (Lipinski definition) is 1. The second kappa shape index (κ2) is 7.61. The number of ether oxygens (including phenoxy) is 1. The molecule has 0 radical (unpaired) electrons. The van der Waals surface area contributed by atoms with Gasteiger partial charge in [0.25, 0.3) is 0 Å². The Balaban J connectivity index is 2.78. The van der Waals surface area contributed by atoms with E-state index in [-0.39, 0.29) is 24.5 Å². The Labute approximate surface area is 123 Å². The lowest BCUT2D eigenvalue weighted by Crippen LogP contribution is -2.40. The number of carbonyl (C=O) groups excluding carboxylic acids is 1. The first-order valence-electron chi connectivity index (χ1n) is 6.72. The van der Waals surface area contributed by atoms with Crippen molar-refractivity contribution in [1.29, 1.82) is 0 Å². The van der Waals surface area contributed by atoms with E-state index in [9.17, 15) is 14.0 Å². The zero-order valence-electron chi connectivity index (χ0n) is 12.4. The number of halogens is 1. The van der Waals surface area contributed by atoms with E-state index in [1.165, 1.54) is 24.1 Å². The van der Waals surface area contributed by atoms with Crippen molar-refractivity contribution in [2.45, 2.75) is 32.7 Å². The Morgan fingerprint density at radius 2 is 2.10 bits per heavy atom. The molecule has 1 aromatic rings. The normalized spacial score (nSPS) is 11.8. The number of carbonyl (C=O) groups is 2. The minimum absolute atomic E-state index is 0.0265. The second-order valence-corrected chi connectivity index (χ2v) is 4.77. The molecule has 1 N–H and O–H groups in total. The maximum Gasteiger partial charge on any atom is 0.305 e. The van der Waals surface area contributed by atoms with Crippen LogP contribution in [0.15, 0.2) is 18.2 Å². The monoisotopic (exact) mass is 297 g/mol. The van der Waals surface area contributed by atoms with Crippen LogP contribution < -0.4 is 4.74 Å². The summed E-state index contributed by atoms with van der Waals surface area (Å²) < 4.78 is 18.4. The molecule has 1 amide bonds. The predicted octanol–water partition coefficient (Wildman–Crippen LogP) is 2.09. The molecule has 0 bridgehead atoms. The van der Waals surface area contributed by atoms with Gasteiger partial charge in [-0.1, -0.05) is 6.07 Å². The third-order valence-electron chi connectivity index (χ3n) is 3.23. The lowest BCUT2D eigenvalue weighted by molar-refractivity contribution is -0.140. The van der Waals surface area contributed by atoms with Crippen LogP contribution in [-0.2, 0) is 16.0 Å². The van der Waals surface area contributed by atoms with E-state index in [1.54, 1.807) is 19.9 Å². The van der Waals surface area contributed by atoms with Gasteiger partial charge in [-0.2, -0.15) is 0 Å². The SMILES string of the molecule is CCN(C(=O)Cc1ccc(OC)c(F)c1)C(C)CC(=O)O. The van der Waals surface area contributed by atoms with E-state index >= 15 is 0 Å². The summed E-state index contributed by atoms with van der Waals surface area (Å²) in [4.78, 5) is 24.4. The number of carboxylic acid groups (broad SMARTS) is 1. The van der Waals surface area contributed by atoms with Crippen LogP contribution in [0, 0.1) is 5.82 Å². The number of amides is 1. The van der Waals surface area contributed by atoms with Crippen LogP contribution in [0.2, 0.25) is 0 Å². The highest BCUT2D eigenvalue weighted by atomic mass is 19.1. The summed E-state index contributed by atoms with van der Waals surface area (Å²) in [5, 5.41) is 8.79. The van der Waals surface area contributed by atoms with Crippen molar-refractivity contribution in [3.05, 3.63) is 29.6 Å². The zero-order chi connectivity index (χ0) is 16.0. The summed E-state index contributed by atoms with van der Waals surface area (Å²) in [6.07, 6.45) is -0.0880. The lowest BCUT2D eigenvalue weighted by atomic mass is 10.1. The smallest absolute Gasteiger partial charge is 0.305 e. The van der Waals surface area contributed by atoms with Gasteiger partial charge in [0.2, 0.25) is 5.91 Å². The van der Waals surface area contributed by atoms with Crippen molar-refractivity contribution in [2.24, 2.45) is 0 Å². The minimum Gasteiger partial charge on any atom is -0.494 e. The highest BCUT2D eigenvalue weighted by Gasteiger charge is 2.21. The molecular weight excluding hydrogens is 277 g/mol. The first kappa shape index (κ1) is 16.9. The second-order valence-electron chi connectivity index (χ2n) is 4.77. The summed E-state index contributed by atoms with van der Waals surface area (Å²) in [6.45, 7) is 3.88. The van der Waals surface area contributed by atoms with Gasteiger partial charge in [-0.25, -0.2) is 4.39 Å².